The van der Waals surface area contributed by atoms with Crippen LogP contribution in [0.25, 0.3) is 11.0 Å². The number of urea groups is 1. The molecule has 30 heavy (non-hydrogen) atoms. The molecule has 0 bridgehead atoms. The topological polar surface area (TPSA) is 125 Å². The maximum Gasteiger partial charge on any atom is 0.321 e. The smallest absolute Gasteiger partial charge is 0.321 e. The van der Waals surface area contributed by atoms with Gasteiger partial charge in [0.25, 0.3) is 0 Å². The molecule has 0 radical (unpaired) electrons. The van der Waals surface area contributed by atoms with E-state index in [-0.39, 0.29) is 18.0 Å². The van der Waals surface area contributed by atoms with Gasteiger partial charge in [0.1, 0.15) is 15.9 Å². The van der Waals surface area contributed by atoms with Crippen LogP contribution in [0, 0.1) is 0 Å². The highest BCUT2D eigenvalue weighted by Crippen LogP contribution is 2.25. The molecule has 164 valence electrons. The van der Waals surface area contributed by atoms with Crippen molar-refractivity contribution >= 4 is 44.7 Å². The van der Waals surface area contributed by atoms with E-state index in [0.29, 0.717) is 24.1 Å². The first-order valence-electron chi connectivity index (χ1n) is 9.57. The molecule has 12 heteroatoms. The van der Waals surface area contributed by atoms with E-state index >= 15 is 0 Å². The summed E-state index contributed by atoms with van der Waals surface area (Å²) in [6, 6.07) is 3.81. The van der Waals surface area contributed by atoms with Gasteiger partial charge >= 0.3 is 6.03 Å². The van der Waals surface area contributed by atoms with Crippen LogP contribution in [0.1, 0.15) is 27.7 Å². The van der Waals surface area contributed by atoms with Crippen molar-refractivity contribution in [2.45, 2.75) is 44.2 Å². The molecule has 1 aliphatic heterocycles. The molecule has 0 saturated carbocycles. The van der Waals surface area contributed by atoms with E-state index in [1.165, 1.54) is 10.4 Å². The third-order valence-electron chi connectivity index (χ3n) is 4.79. The molecular weight excluding hydrogens is 428 g/mol. The van der Waals surface area contributed by atoms with Gasteiger partial charge in [-0.15, -0.1) is 0 Å². The Morgan fingerprint density at radius 3 is 2.43 bits per heavy atom. The summed E-state index contributed by atoms with van der Waals surface area (Å²) in [5.41, 5.74) is 0.476. The lowest BCUT2D eigenvalue weighted by Crippen LogP contribution is -2.57. The minimum Gasteiger partial charge on any atom is -0.333 e. The summed E-state index contributed by atoms with van der Waals surface area (Å²) < 4.78 is 35.8. The molecule has 1 aromatic carbocycles. The lowest BCUT2D eigenvalue weighted by molar-refractivity contribution is -0.125. The number of carbonyl (C=O) groups excluding carboxylic acids is 2. The van der Waals surface area contributed by atoms with Crippen LogP contribution in [0.2, 0.25) is 0 Å². The summed E-state index contributed by atoms with van der Waals surface area (Å²) in [5.74, 6) is -0.425. The Kier molecular flexibility index (Phi) is 6.41. The number of imide groups is 1. The van der Waals surface area contributed by atoms with Crippen molar-refractivity contribution in [1.82, 2.24) is 28.6 Å². The van der Waals surface area contributed by atoms with E-state index in [0.717, 1.165) is 11.7 Å². The lowest BCUT2D eigenvalue weighted by atomic mass is 10.1. The lowest BCUT2D eigenvalue weighted by Gasteiger charge is -2.36. The third kappa shape index (κ3) is 4.94. The van der Waals surface area contributed by atoms with E-state index in [2.05, 4.69) is 19.4 Å². The molecule has 2 heterocycles. The predicted molar refractivity (Wildman–Crippen MR) is 114 cm³/mol. The van der Waals surface area contributed by atoms with Crippen molar-refractivity contribution in [3.8, 4) is 0 Å². The molecular formula is C18H26N6O4S2. The van der Waals surface area contributed by atoms with Gasteiger partial charge in [-0.05, 0) is 39.8 Å². The highest BCUT2D eigenvalue weighted by molar-refractivity contribution is 7.89. The Labute approximate surface area is 180 Å². The molecule has 1 atom stereocenters. The van der Waals surface area contributed by atoms with Crippen molar-refractivity contribution in [1.29, 1.82) is 0 Å². The summed E-state index contributed by atoms with van der Waals surface area (Å²) in [4.78, 5) is 26.3. The van der Waals surface area contributed by atoms with E-state index in [1.807, 2.05) is 25.7 Å². The van der Waals surface area contributed by atoms with Gasteiger partial charge in [-0.3, -0.25) is 15.0 Å². The number of nitrogens with one attached hydrogen (secondary N) is 2. The number of fused-ring (bicyclic) bond motifs is 1. The van der Waals surface area contributed by atoms with Gasteiger partial charge in [0, 0.05) is 31.7 Å². The molecule has 2 aromatic rings. The van der Waals surface area contributed by atoms with Crippen LogP contribution in [0.15, 0.2) is 23.1 Å². The summed E-state index contributed by atoms with van der Waals surface area (Å²) in [7, 11) is -3.72. The molecule has 0 spiro atoms. The zero-order valence-electron chi connectivity index (χ0n) is 17.4. The van der Waals surface area contributed by atoms with E-state index in [1.54, 1.807) is 19.1 Å². The zero-order chi connectivity index (χ0) is 22.1. The van der Waals surface area contributed by atoms with Crippen molar-refractivity contribution < 1.29 is 18.0 Å². The zero-order valence-corrected chi connectivity index (χ0v) is 19.0. The van der Waals surface area contributed by atoms with Gasteiger partial charge in [0.05, 0.1) is 17.8 Å². The number of aromatic nitrogens is 2. The first-order valence-corrected chi connectivity index (χ1v) is 11.7. The fraction of sp³-hybridized carbons (Fsp3) is 0.556. The summed E-state index contributed by atoms with van der Waals surface area (Å²) >= 11 is 0.977. The fourth-order valence-corrected chi connectivity index (χ4v) is 5.39. The monoisotopic (exact) mass is 454 g/mol. The molecule has 1 unspecified atom stereocenters. The molecule has 3 amide bonds. The van der Waals surface area contributed by atoms with Gasteiger partial charge in [-0.25, -0.2) is 13.2 Å². The van der Waals surface area contributed by atoms with Crippen LogP contribution in [-0.4, -0.2) is 76.1 Å². The number of sulfonamides is 1. The number of hydrogen-bond donors (Lipinski definition) is 2. The summed E-state index contributed by atoms with van der Waals surface area (Å²) in [6.07, 6.45) is 0. The highest BCUT2D eigenvalue weighted by Gasteiger charge is 2.33. The second kappa shape index (κ2) is 8.53. The van der Waals surface area contributed by atoms with Crippen molar-refractivity contribution in [3.05, 3.63) is 18.2 Å². The van der Waals surface area contributed by atoms with Crippen LogP contribution in [0.3, 0.4) is 0 Å². The normalized spacial score (nSPS) is 17.6. The van der Waals surface area contributed by atoms with Gasteiger partial charge in [-0.1, -0.05) is 6.07 Å². The SMILES string of the molecule is CC(C(=O)NC(=O)NC(C)(C)C)N1CCN(S(=O)(=O)c2cccc3nsnc23)CC1. The number of piperazine rings is 1. The van der Waals surface area contributed by atoms with Crippen LogP contribution in [0.4, 0.5) is 4.79 Å². The summed E-state index contributed by atoms with van der Waals surface area (Å²) in [6.45, 7) is 8.39. The minimum atomic E-state index is -3.72. The largest absolute Gasteiger partial charge is 0.333 e. The Morgan fingerprint density at radius 2 is 1.80 bits per heavy atom. The maximum atomic E-state index is 13.1. The van der Waals surface area contributed by atoms with Crippen LogP contribution >= 0.6 is 11.7 Å². The van der Waals surface area contributed by atoms with E-state index < -0.39 is 33.5 Å². The van der Waals surface area contributed by atoms with E-state index in [9.17, 15) is 18.0 Å². The Hall–Kier alpha value is -2.15. The quantitative estimate of drug-likeness (QED) is 0.706. The van der Waals surface area contributed by atoms with Crippen molar-refractivity contribution in [2.24, 2.45) is 0 Å². The Bertz CT molecular complexity index is 1040. The standard InChI is InChI=1S/C18H26N6O4S2/c1-12(16(25)19-17(26)20-18(2,3)4)23-8-10-24(11-9-23)30(27,28)14-7-5-6-13-15(14)22-29-21-13/h5-7,12H,8-11H2,1-4H3,(H2,19,20,25,26). The average molecular weight is 455 g/mol. The number of rotatable bonds is 4. The van der Waals surface area contributed by atoms with Crippen LogP contribution in [0.5, 0.6) is 0 Å². The molecule has 1 aromatic heterocycles. The summed E-state index contributed by atoms with van der Waals surface area (Å²) in [5, 5.41) is 5.02. The van der Waals surface area contributed by atoms with Crippen LogP contribution < -0.4 is 10.6 Å². The third-order valence-corrected chi connectivity index (χ3v) is 7.27. The van der Waals surface area contributed by atoms with Crippen molar-refractivity contribution in [2.75, 3.05) is 26.2 Å². The number of benzene rings is 1. The molecule has 2 N–H and O–H groups in total. The number of hydrogen-bond acceptors (Lipinski definition) is 8. The molecule has 0 aliphatic carbocycles. The molecule has 3 rings (SSSR count). The molecule has 1 saturated heterocycles. The van der Waals surface area contributed by atoms with E-state index in [4.69, 9.17) is 0 Å². The molecule has 1 fully saturated rings. The average Bonchev–Trinajstić information content (AvgIpc) is 3.14. The molecule has 1 aliphatic rings. The second-order valence-electron chi connectivity index (χ2n) is 8.20. The van der Waals surface area contributed by atoms with Crippen molar-refractivity contribution in [3.63, 3.8) is 0 Å². The number of carbonyl (C=O) groups is 2. The Balaban J connectivity index is 1.62. The highest BCUT2D eigenvalue weighted by atomic mass is 32.2. The van der Waals surface area contributed by atoms with Gasteiger partial charge < -0.3 is 5.32 Å². The van der Waals surface area contributed by atoms with Crippen LogP contribution in [-0.2, 0) is 14.8 Å². The first-order chi connectivity index (χ1) is 14.0. The second-order valence-corrected chi connectivity index (χ2v) is 10.6. The van der Waals surface area contributed by atoms with Gasteiger partial charge in [-0.2, -0.15) is 13.1 Å². The maximum absolute atomic E-state index is 13.1. The number of amides is 3. The Morgan fingerprint density at radius 1 is 1.13 bits per heavy atom. The minimum absolute atomic E-state index is 0.145. The molecule has 10 nitrogen and oxygen atoms in total. The fourth-order valence-electron chi connectivity index (χ4n) is 3.21. The number of nitrogens with zero attached hydrogens (tertiary/aromatic N) is 4. The first kappa shape index (κ1) is 22.5. The predicted octanol–water partition coefficient (Wildman–Crippen LogP) is 1.01. The van der Waals surface area contributed by atoms with Gasteiger partial charge in [0.15, 0.2) is 0 Å². The van der Waals surface area contributed by atoms with Gasteiger partial charge in [0.2, 0.25) is 15.9 Å².